The van der Waals surface area contributed by atoms with Crippen LogP contribution in [0.3, 0.4) is 0 Å². The topological polar surface area (TPSA) is 42.0 Å². The summed E-state index contributed by atoms with van der Waals surface area (Å²) in [6.07, 6.45) is 0.879. The summed E-state index contributed by atoms with van der Waals surface area (Å²) in [4.78, 5) is 18.0. The minimum absolute atomic E-state index is 0.0592. The highest BCUT2D eigenvalue weighted by atomic mass is 35.5. The van der Waals surface area contributed by atoms with Gasteiger partial charge in [-0.1, -0.05) is 66.5 Å². The van der Waals surface area contributed by atoms with E-state index in [1.54, 1.807) is 6.07 Å². The standard InChI is InChI=1S/C20H18Cl2N2OS2/c1-2-17-19(14-6-4-3-5-7-14)24-20(27-17)23-18(25)12-26-11-13-8-9-15(21)16(22)10-13/h3-10H,2,11-12H2,1H3,(H,23,24,25). The molecule has 0 saturated carbocycles. The number of nitrogens with one attached hydrogen (secondary N) is 1. The zero-order valence-electron chi connectivity index (χ0n) is 14.7. The van der Waals surface area contributed by atoms with E-state index in [2.05, 4.69) is 17.2 Å². The SMILES string of the molecule is CCc1sc(NC(=O)CSCc2ccc(Cl)c(Cl)c2)nc1-c1ccccc1. The van der Waals surface area contributed by atoms with E-state index < -0.39 is 0 Å². The van der Waals surface area contributed by atoms with E-state index in [4.69, 9.17) is 23.2 Å². The molecule has 0 saturated heterocycles. The smallest absolute Gasteiger partial charge is 0.236 e. The number of thioether (sulfide) groups is 1. The molecule has 0 bridgehead atoms. The highest BCUT2D eigenvalue weighted by Gasteiger charge is 2.13. The summed E-state index contributed by atoms with van der Waals surface area (Å²) in [6.45, 7) is 2.10. The van der Waals surface area contributed by atoms with Crippen LogP contribution in [0, 0.1) is 0 Å². The van der Waals surface area contributed by atoms with Crippen molar-refractivity contribution in [2.24, 2.45) is 0 Å². The molecule has 0 aliphatic rings. The molecule has 1 aromatic heterocycles. The van der Waals surface area contributed by atoms with E-state index >= 15 is 0 Å². The van der Waals surface area contributed by atoms with Crippen molar-refractivity contribution in [1.29, 1.82) is 0 Å². The summed E-state index contributed by atoms with van der Waals surface area (Å²) >= 11 is 15.0. The molecule has 7 heteroatoms. The number of anilines is 1. The molecule has 0 fully saturated rings. The molecule has 0 radical (unpaired) electrons. The van der Waals surface area contributed by atoms with Gasteiger partial charge in [-0.15, -0.1) is 23.1 Å². The van der Waals surface area contributed by atoms with Gasteiger partial charge in [-0.3, -0.25) is 4.79 Å². The van der Waals surface area contributed by atoms with E-state index in [1.807, 2.05) is 42.5 Å². The number of rotatable bonds is 7. The van der Waals surface area contributed by atoms with Crippen LogP contribution in [0.1, 0.15) is 17.4 Å². The summed E-state index contributed by atoms with van der Waals surface area (Å²) < 4.78 is 0. The predicted molar refractivity (Wildman–Crippen MR) is 118 cm³/mol. The molecule has 3 aromatic rings. The number of benzene rings is 2. The Balaban J connectivity index is 1.58. The van der Waals surface area contributed by atoms with Crippen molar-refractivity contribution < 1.29 is 4.79 Å². The molecule has 1 heterocycles. The van der Waals surface area contributed by atoms with Gasteiger partial charge in [0.1, 0.15) is 0 Å². The number of thiazole rings is 1. The molecule has 140 valence electrons. The van der Waals surface area contributed by atoms with Crippen molar-refractivity contribution in [2.45, 2.75) is 19.1 Å². The quantitative estimate of drug-likeness (QED) is 0.456. The molecule has 1 N–H and O–H groups in total. The molecule has 2 aromatic carbocycles. The number of carbonyl (C=O) groups is 1. The minimum Gasteiger partial charge on any atom is -0.301 e. The fraction of sp³-hybridized carbons (Fsp3) is 0.200. The van der Waals surface area contributed by atoms with Crippen LogP contribution in [0.25, 0.3) is 11.3 Å². The highest BCUT2D eigenvalue weighted by Crippen LogP contribution is 2.31. The van der Waals surface area contributed by atoms with Crippen LogP contribution in [0.2, 0.25) is 10.0 Å². The second kappa shape index (κ2) is 9.60. The van der Waals surface area contributed by atoms with Crippen molar-refractivity contribution >= 4 is 57.3 Å². The van der Waals surface area contributed by atoms with Gasteiger partial charge in [-0.25, -0.2) is 4.98 Å². The van der Waals surface area contributed by atoms with Crippen molar-refractivity contribution in [3.05, 3.63) is 69.0 Å². The summed E-state index contributed by atoms with van der Waals surface area (Å²) in [5.74, 6) is 0.982. The molecular formula is C20H18Cl2N2OS2. The van der Waals surface area contributed by atoms with Crippen LogP contribution < -0.4 is 5.32 Å². The van der Waals surface area contributed by atoms with Crippen molar-refractivity contribution in [3.63, 3.8) is 0 Å². The van der Waals surface area contributed by atoms with Gasteiger partial charge in [0.15, 0.2) is 5.13 Å². The maximum atomic E-state index is 12.3. The number of aryl methyl sites for hydroxylation is 1. The summed E-state index contributed by atoms with van der Waals surface area (Å²) in [5.41, 5.74) is 3.05. The van der Waals surface area contributed by atoms with Crippen LogP contribution in [0.5, 0.6) is 0 Å². The Morgan fingerprint density at radius 1 is 1.15 bits per heavy atom. The largest absolute Gasteiger partial charge is 0.301 e. The molecule has 0 aliphatic heterocycles. The molecule has 0 aliphatic carbocycles. The Morgan fingerprint density at radius 2 is 1.93 bits per heavy atom. The fourth-order valence-electron chi connectivity index (χ4n) is 2.51. The second-order valence-corrected chi connectivity index (χ2v) is 8.68. The number of hydrogen-bond acceptors (Lipinski definition) is 4. The van der Waals surface area contributed by atoms with Crippen molar-refractivity contribution in [2.75, 3.05) is 11.1 Å². The lowest BCUT2D eigenvalue weighted by Crippen LogP contribution is -2.13. The van der Waals surface area contributed by atoms with Gasteiger partial charge in [0.2, 0.25) is 5.91 Å². The number of halogens is 2. The number of carbonyl (C=O) groups excluding carboxylic acids is 1. The number of nitrogens with zero attached hydrogens (tertiary/aromatic N) is 1. The number of amides is 1. The van der Waals surface area contributed by atoms with Crippen LogP contribution in [-0.4, -0.2) is 16.6 Å². The number of hydrogen-bond donors (Lipinski definition) is 1. The van der Waals surface area contributed by atoms with Crippen LogP contribution in [-0.2, 0) is 17.0 Å². The molecule has 0 atom stereocenters. The first-order chi connectivity index (χ1) is 13.1. The average molecular weight is 437 g/mol. The van der Waals surface area contributed by atoms with Crippen molar-refractivity contribution in [3.8, 4) is 11.3 Å². The minimum atomic E-state index is -0.0592. The normalized spacial score (nSPS) is 10.8. The summed E-state index contributed by atoms with van der Waals surface area (Å²) in [5, 5.41) is 4.62. The monoisotopic (exact) mass is 436 g/mol. The van der Waals surface area contributed by atoms with Crippen LogP contribution in [0.15, 0.2) is 48.5 Å². The van der Waals surface area contributed by atoms with Gasteiger partial charge in [-0.2, -0.15) is 0 Å². The maximum Gasteiger partial charge on any atom is 0.236 e. The first kappa shape index (κ1) is 20.2. The van der Waals surface area contributed by atoms with E-state index in [1.165, 1.54) is 28.0 Å². The lowest BCUT2D eigenvalue weighted by molar-refractivity contribution is -0.113. The highest BCUT2D eigenvalue weighted by molar-refractivity contribution is 7.99. The second-order valence-electron chi connectivity index (χ2n) is 5.80. The zero-order valence-corrected chi connectivity index (χ0v) is 17.8. The van der Waals surface area contributed by atoms with Gasteiger partial charge < -0.3 is 5.32 Å². The fourth-order valence-corrected chi connectivity index (χ4v) is 4.55. The molecular weight excluding hydrogens is 419 g/mol. The molecule has 0 unspecified atom stereocenters. The van der Waals surface area contributed by atoms with Gasteiger partial charge in [0.25, 0.3) is 0 Å². The Morgan fingerprint density at radius 3 is 2.63 bits per heavy atom. The van der Waals surface area contributed by atoms with E-state index in [0.29, 0.717) is 26.7 Å². The number of aromatic nitrogens is 1. The summed E-state index contributed by atoms with van der Waals surface area (Å²) in [7, 11) is 0. The first-order valence-electron chi connectivity index (χ1n) is 8.43. The molecule has 1 amide bonds. The molecule has 3 rings (SSSR count). The lowest BCUT2D eigenvalue weighted by atomic mass is 10.1. The van der Waals surface area contributed by atoms with Crippen LogP contribution in [0.4, 0.5) is 5.13 Å². The van der Waals surface area contributed by atoms with E-state index in [9.17, 15) is 4.79 Å². The molecule has 0 spiro atoms. The molecule has 27 heavy (non-hydrogen) atoms. The zero-order chi connectivity index (χ0) is 19.2. The van der Waals surface area contributed by atoms with Gasteiger partial charge in [-0.05, 0) is 24.1 Å². The first-order valence-corrected chi connectivity index (χ1v) is 11.2. The Hall–Kier alpha value is -1.53. The third-order valence-electron chi connectivity index (χ3n) is 3.80. The Bertz CT molecular complexity index is 929. The van der Waals surface area contributed by atoms with Gasteiger partial charge >= 0.3 is 0 Å². The van der Waals surface area contributed by atoms with Gasteiger partial charge in [0.05, 0.1) is 21.5 Å². The Kier molecular flexibility index (Phi) is 7.19. The average Bonchev–Trinajstić information content (AvgIpc) is 3.08. The lowest BCUT2D eigenvalue weighted by Gasteiger charge is -2.04. The third kappa shape index (κ3) is 5.48. The van der Waals surface area contributed by atoms with Crippen molar-refractivity contribution in [1.82, 2.24) is 4.98 Å². The van der Waals surface area contributed by atoms with Gasteiger partial charge in [0, 0.05) is 16.2 Å². The summed E-state index contributed by atoms with van der Waals surface area (Å²) in [6, 6.07) is 15.6. The third-order valence-corrected chi connectivity index (χ3v) is 6.66. The van der Waals surface area contributed by atoms with Crippen LogP contribution >= 0.6 is 46.3 Å². The van der Waals surface area contributed by atoms with E-state index in [-0.39, 0.29) is 5.91 Å². The maximum absolute atomic E-state index is 12.3. The molecule has 3 nitrogen and oxygen atoms in total. The van der Waals surface area contributed by atoms with E-state index in [0.717, 1.165) is 23.2 Å². The Labute approximate surface area is 177 Å². The predicted octanol–water partition coefficient (Wildman–Crippen LogP) is 6.55.